The second-order valence-electron chi connectivity index (χ2n) is 2.92. The van der Waals surface area contributed by atoms with Gasteiger partial charge in [-0.05, 0) is 18.2 Å². The van der Waals surface area contributed by atoms with Gasteiger partial charge in [0.15, 0.2) is 5.78 Å². The molecule has 6 nitrogen and oxygen atoms in total. The van der Waals surface area contributed by atoms with Crippen molar-refractivity contribution < 1.29 is 27.6 Å². The number of ketones is 1. The minimum Gasteiger partial charge on any atom is -0.495 e. The van der Waals surface area contributed by atoms with Crippen LogP contribution in [0.1, 0.15) is 10.4 Å². The molecule has 0 heterocycles. The van der Waals surface area contributed by atoms with E-state index in [2.05, 4.69) is 0 Å². The standard InChI is InChI=1S/C9H10O6S/c1-15-8-3-2-6(7(11)5-10)4-9(8)16(12,13)14/h2-4,10H,5H2,1H3,(H,12,13,14). The van der Waals surface area contributed by atoms with Crippen molar-refractivity contribution in [1.29, 1.82) is 0 Å². The van der Waals surface area contributed by atoms with Gasteiger partial charge in [-0.25, -0.2) is 0 Å². The molecule has 0 spiro atoms. The molecule has 0 saturated heterocycles. The summed E-state index contributed by atoms with van der Waals surface area (Å²) >= 11 is 0. The van der Waals surface area contributed by atoms with Crippen LogP contribution in [0.3, 0.4) is 0 Å². The second kappa shape index (κ2) is 4.60. The van der Waals surface area contributed by atoms with E-state index in [-0.39, 0.29) is 11.3 Å². The third-order valence-electron chi connectivity index (χ3n) is 1.91. The molecule has 2 N–H and O–H groups in total. The van der Waals surface area contributed by atoms with E-state index in [1.165, 1.54) is 19.2 Å². The second-order valence-corrected chi connectivity index (χ2v) is 4.31. The van der Waals surface area contributed by atoms with Crippen molar-refractivity contribution in [3.63, 3.8) is 0 Å². The van der Waals surface area contributed by atoms with E-state index in [0.717, 1.165) is 6.07 Å². The lowest BCUT2D eigenvalue weighted by atomic mass is 10.1. The Labute approximate surface area is 92.2 Å². The number of carbonyl (C=O) groups excluding carboxylic acids is 1. The summed E-state index contributed by atoms with van der Waals surface area (Å²) in [6.07, 6.45) is 0. The van der Waals surface area contributed by atoms with Crippen LogP contribution in [0.15, 0.2) is 23.1 Å². The van der Waals surface area contributed by atoms with E-state index >= 15 is 0 Å². The number of ether oxygens (including phenoxy) is 1. The van der Waals surface area contributed by atoms with Gasteiger partial charge in [0.1, 0.15) is 17.3 Å². The number of Topliss-reactive ketones (excluding diaryl/α,β-unsaturated/α-hetero) is 1. The van der Waals surface area contributed by atoms with Crippen molar-refractivity contribution >= 4 is 15.9 Å². The molecule has 0 fully saturated rings. The summed E-state index contributed by atoms with van der Waals surface area (Å²) in [7, 11) is -3.23. The van der Waals surface area contributed by atoms with Gasteiger partial charge in [-0.1, -0.05) is 0 Å². The van der Waals surface area contributed by atoms with Crippen LogP contribution in [0.5, 0.6) is 5.75 Å². The summed E-state index contributed by atoms with van der Waals surface area (Å²) < 4.78 is 35.6. The zero-order valence-corrected chi connectivity index (χ0v) is 9.19. The van der Waals surface area contributed by atoms with Gasteiger partial charge in [0.25, 0.3) is 10.1 Å². The number of hydrogen-bond donors (Lipinski definition) is 2. The monoisotopic (exact) mass is 246 g/mol. The molecule has 7 heteroatoms. The Morgan fingerprint density at radius 1 is 1.44 bits per heavy atom. The first-order valence-electron chi connectivity index (χ1n) is 4.19. The van der Waals surface area contributed by atoms with Crippen molar-refractivity contribution in [1.82, 2.24) is 0 Å². The van der Waals surface area contributed by atoms with E-state index in [1.54, 1.807) is 0 Å². The molecule has 88 valence electrons. The van der Waals surface area contributed by atoms with Crippen LogP contribution in [0.25, 0.3) is 0 Å². The minimum absolute atomic E-state index is 0.0177. The van der Waals surface area contributed by atoms with Crippen LogP contribution in [0.2, 0.25) is 0 Å². The van der Waals surface area contributed by atoms with Gasteiger partial charge < -0.3 is 9.84 Å². The van der Waals surface area contributed by atoms with Crippen molar-refractivity contribution in [2.45, 2.75) is 4.90 Å². The summed E-state index contributed by atoms with van der Waals surface area (Å²) in [5.74, 6) is -0.718. The van der Waals surface area contributed by atoms with Gasteiger partial charge in [-0.3, -0.25) is 9.35 Å². The molecule has 1 rings (SSSR count). The van der Waals surface area contributed by atoms with Crippen molar-refractivity contribution in [2.24, 2.45) is 0 Å². The van der Waals surface area contributed by atoms with Gasteiger partial charge in [-0.2, -0.15) is 8.42 Å². The van der Waals surface area contributed by atoms with E-state index < -0.39 is 27.4 Å². The SMILES string of the molecule is COc1ccc(C(=O)CO)cc1S(=O)(=O)O. The van der Waals surface area contributed by atoms with Gasteiger partial charge in [-0.15, -0.1) is 0 Å². The fourth-order valence-corrected chi connectivity index (χ4v) is 1.82. The Morgan fingerprint density at radius 3 is 2.50 bits per heavy atom. The van der Waals surface area contributed by atoms with E-state index in [4.69, 9.17) is 14.4 Å². The number of hydrogen-bond acceptors (Lipinski definition) is 5. The number of aliphatic hydroxyl groups is 1. The maximum atomic E-state index is 11.1. The van der Waals surface area contributed by atoms with Crippen LogP contribution in [-0.2, 0) is 10.1 Å². The largest absolute Gasteiger partial charge is 0.495 e. The molecular weight excluding hydrogens is 236 g/mol. The fraction of sp³-hybridized carbons (Fsp3) is 0.222. The first kappa shape index (κ1) is 12.6. The number of aliphatic hydroxyl groups excluding tert-OH is 1. The van der Waals surface area contributed by atoms with Crippen LogP contribution < -0.4 is 4.74 Å². The predicted molar refractivity (Wildman–Crippen MR) is 54.2 cm³/mol. The molecule has 1 aromatic carbocycles. The number of benzene rings is 1. The Morgan fingerprint density at radius 2 is 2.06 bits per heavy atom. The van der Waals surface area contributed by atoms with E-state index in [0.29, 0.717) is 0 Å². The smallest absolute Gasteiger partial charge is 0.298 e. The summed E-state index contributed by atoms with van der Waals surface area (Å²) in [6.45, 7) is -0.739. The zero-order chi connectivity index (χ0) is 12.3. The molecular formula is C9H10O6S. The molecule has 0 atom stereocenters. The third-order valence-corrected chi connectivity index (χ3v) is 2.78. The molecule has 16 heavy (non-hydrogen) atoms. The summed E-state index contributed by atoms with van der Waals surface area (Å²) in [4.78, 5) is 10.6. The molecule has 0 saturated carbocycles. The summed E-state index contributed by atoms with van der Waals surface area (Å²) in [5.41, 5.74) is -0.0177. The van der Waals surface area contributed by atoms with Crippen LogP contribution in [0, 0.1) is 0 Å². The highest BCUT2D eigenvalue weighted by Gasteiger charge is 2.18. The molecule has 1 aromatic rings. The molecule has 0 aliphatic carbocycles. The molecule has 0 aliphatic rings. The minimum atomic E-state index is -4.47. The van der Waals surface area contributed by atoms with Gasteiger partial charge in [0.2, 0.25) is 0 Å². The van der Waals surface area contributed by atoms with Crippen molar-refractivity contribution in [3.8, 4) is 5.75 Å². The van der Waals surface area contributed by atoms with Crippen LogP contribution in [0.4, 0.5) is 0 Å². The van der Waals surface area contributed by atoms with E-state index in [9.17, 15) is 13.2 Å². The molecule has 0 radical (unpaired) electrons. The highest BCUT2D eigenvalue weighted by atomic mass is 32.2. The van der Waals surface area contributed by atoms with Crippen molar-refractivity contribution in [2.75, 3.05) is 13.7 Å². The first-order valence-corrected chi connectivity index (χ1v) is 5.63. The number of rotatable bonds is 4. The topological polar surface area (TPSA) is 101 Å². The Bertz CT molecular complexity index is 505. The Kier molecular flexibility index (Phi) is 3.63. The Balaban J connectivity index is 3.39. The van der Waals surface area contributed by atoms with E-state index in [1.807, 2.05) is 0 Å². The average molecular weight is 246 g/mol. The first-order chi connectivity index (χ1) is 7.40. The normalized spacial score (nSPS) is 11.2. The quantitative estimate of drug-likeness (QED) is 0.578. The van der Waals surface area contributed by atoms with Gasteiger partial charge in [0, 0.05) is 5.56 Å². The lowest BCUT2D eigenvalue weighted by molar-refractivity contribution is 0.0903. The van der Waals surface area contributed by atoms with Gasteiger partial charge in [0.05, 0.1) is 7.11 Å². The molecule has 0 aromatic heterocycles. The average Bonchev–Trinajstić information content (AvgIpc) is 2.26. The molecule has 0 amide bonds. The fourth-order valence-electron chi connectivity index (χ4n) is 1.14. The highest BCUT2D eigenvalue weighted by Crippen LogP contribution is 2.24. The maximum absolute atomic E-state index is 11.1. The molecule has 0 aliphatic heterocycles. The third kappa shape index (κ3) is 2.57. The van der Waals surface area contributed by atoms with Crippen molar-refractivity contribution in [3.05, 3.63) is 23.8 Å². The predicted octanol–water partition coefficient (Wildman–Crippen LogP) is 0.117. The number of methoxy groups -OCH3 is 1. The molecule has 0 bridgehead atoms. The lowest BCUT2D eigenvalue weighted by Gasteiger charge is -2.07. The number of carbonyl (C=O) groups is 1. The lowest BCUT2D eigenvalue weighted by Crippen LogP contribution is -2.08. The zero-order valence-electron chi connectivity index (χ0n) is 8.37. The summed E-state index contributed by atoms with van der Waals surface area (Å²) in [5, 5.41) is 8.62. The maximum Gasteiger partial charge on any atom is 0.298 e. The Hall–Kier alpha value is -1.44. The van der Waals surface area contributed by atoms with Crippen LogP contribution in [-0.4, -0.2) is 37.6 Å². The molecule has 0 unspecified atom stereocenters. The highest BCUT2D eigenvalue weighted by molar-refractivity contribution is 7.86. The summed E-state index contributed by atoms with van der Waals surface area (Å²) in [6, 6.07) is 3.48. The van der Waals surface area contributed by atoms with Gasteiger partial charge >= 0.3 is 0 Å². The van der Waals surface area contributed by atoms with Crippen LogP contribution >= 0.6 is 0 Å².